The van der Waals surface area contributed by atoms with Crippen LogP contribution in [0.15, 0.2) is 18.3 Å². The molecule has 0 spiro atoms. The molecule has 2 N–H and O–H groups in total. The van der Waals surface area contributed by atoms with Crippen LogP contribution in [0.3, 0.4) is 0 Å². The number of pyridine rings is 1. The molecule has 2 heterocycles. The number of nitrogens with two attached hydrogens (primary N) is 1. The van der Waals surface area contributed by atoms with Crippen molar-refractivity contribution in [1.82, 2.24) is 9.88 Å². The summed E-state index contributed by atoms with van der Waals surface area (Å²) in [6, 6.07) is 3.36. The van der Waals surface area contributed by atoms with Crippen molar-refractivity contribution in [2.75, 3.05) is 26.3 Å². The van der Waals surface area contributed by atoms with Crippen LogP contribution in [0.4, 0.5) is 4.39 Å². The van der Waals surface area contributed by atoms with E-state index in [1.54, 1.807) is 6.07 Å². The Morgan fingerprint density at radius 1 is 1.61 bits per heavy atom. The van der Waals surface area contributed by atoms with Crippen molar-refractivity contribution in [3.63, 3.8) is 0 Å². The lowest BCUT2D eigenvalue weighted by Crippen LogP contribution is -2.44. The van der Waals surface area contributed by atoms with E-state index in [1.165, 1.54) is 12.3 Å². The first-order chi connectivity index (χ1) is 8.66. The van der Waals surface area contributed by atoms with E-state index in [-0.39, 0.29) is 11.9 Å². The Balaban J connectivity index is 1.83. The van der Waals surface area contributed by atoms with Crippen LogP contribution in [0.1, 0.15) is 25.1 Å². The zero-order valence-electron chi connectivity index (χ0n) is 10.7. The van der Waals surface area contributed by atoms with Crippen LogP contribution in [-0.2, 0) is 4.74 Å². The molecule has 18 heavy (non-hydrogen) atoms. The summed E-state index contributed by atoms with van der Waals surface area (Å²) >= 11 is 0. The Labute approximate surface area is 107 Å². The summed E-state index contributed by atoms with van der Waals surface area (Å²) in [5, 5.41) is 0. The van der Waals surface area contributed by atoms with Gasteiger partial charge in [-0.05, 0) is 25.5 Å². The van der Waals surface area contributed by atoms with E-state index >= 15 is 0 Å². The van der Waals surface area contributed by atoms with Crippen molar-refractivity contribution in [1.29, 1.82) is 0 Å². The van der Waals surface area contributed by atoms with Crippen LogP contribution in [0, 0.1) is 5.82 Å². The van der Waals surface area contributed by atoms with Crippen molar-refractivity contribution in [2.45, 2.75) is 25.4 Å². The van der Waals surface area contributed by atoms with Gasteiger partial charge in [-0.15, -0.1) is 0 Å². The first kappa shape index (κ1) is 13.4. The van der Waals surface area contributed by atoms with Gasteiger partial charge in [-0.3, -0.25) is 9.88 Å². The van der Waals surface area contributed by atoms with Gasteiger partial charge in [0.2, 0.25) is 0 Å². The number of nitrogens with zero attached hydrogens (tertiary/aromatic N) is 2. The second-order valence-electron chi connectivity index (χ2n) is 4.76. The number of hydrogen-bond donors (Lipinski definition) is 1. The maximum Gasteiger partial charge on any atom is 0.141 e. The fraction of sp³-hybridized carbons (Fsp3) is 0.615. The number of rotatable bonds is 4. The lowest BCUT2D eigenvalue weighted by atomic mass is 10.1. The van der Waals surface area contributed by atoms with Crippen LogP contribution >= 0.6 is 0 Å². The van der Waals surface area contributed by atoms with Gasteiger partial charge in [-0.25, -0.2) is 4.39 Å². The Kier molecular flexibility index (Phi) is 4.63. The van der Waals surface area contributed by atoms with E-state index in [2.05, 4.69) is 16.8 Å². The van der Waals surface area contributed by atoms with Crippen molar-refractivity contribution in [2.24, 2.45) is 5.73 Å². The van der Waals surface area contributed by atoms with E-state index in [9.17, 15) is 4.39 Å². The summed E-state index contributed by atoms with van der Waals surface area (Å²) in [6.07, 6.45) is 2.04. The van der Waals surface area contributed by atoms with E-state index in [4.69, 9.17) is 10.5 Å². The molecule has 1 fully saturated rings. The standard InChI is InChI=1S/C13H20FN3O/c1-10-9-18-7-6-17(10)5-4-12(15)13-3-2-11(14)8-16-13/h2-3,8,10,12H,4-7,9,15H2,1H3. The lowest BCUT2D eigenvalue weighted by Gasteiger charge is -2.33. The van der Waals surface area contributed by atoms with Crippen LogP contribution in [0.5, 0.6) is 0 Å². The highest BCUT2D eigenvalue weighted by Crippen LogP contribution is 2.14. The summed E-state index contributed by atoms with van der Waals surface area (Å²) in [7, 11) is 0. The maximum absolute atomic E-state index is 12.8. The smallest absolute Gasteiger partial charge is 0.141 e. The molecule has 0 radical (unpaired) electrons. The fourth-order valence-electron chi connectivity index (χ4n) is 2.15. The molecule has 2 unspecified atom stereocenters. The van der Waals surface area contributed by atoms with Gasteiger partial charge in [0, 0.05) is 25.2 Å². The summed E-state index contributed by atoms with van der Waals surface area (Å²) in [5.41, 5.74) is 6.81. The number of halogens is 1. The molecule has 0 aliphatic carbocycles. The van der Waals surface area contributed by atoms with E-state index in [0.29, 0.717) is 6.04 Å². The Hall–Kier alpha value is -1.04. The Bertz CT molecular complexity index is 371. The third kappa shape index (κ3) is 3.48. The minimum atomic E-state index is -0.326. The second kappa shape index (κ2) is 6.22. The van der Waals surface area contributed by atoms with Gasteiger partial charge in [0.15, 0.2) is 0 Å². The molecule has 1 aliphatic rings. The van der Waals surface area contributed by atoms with Gasteiger partial charge in [0.1, 0.15) is 5.82 Å². The molecule has 1 aliphatic heterocycles. The highest BCUT2D eigenvalue weighted by Gasteiger charge is 2.19. The van der Waals surface area contributed by atoms with E-state index < -0.39 is 0 Å². The van der Waals surface area contributed by atoms with E-state index in [1.807, 2.05) is 0 Å². The molecule has 1 saturated heterocycles. The first-order valence-electron chi connectivity index (χ1n) is 6.35. The highest BCUT2D eigenvalue weighted by atomic mass is 19.1. The minimum Gasteiger partial charge on any atom is -0.379 e. The maximum atomic E-state index is 12.8. The van der Waals surface area contributed by atoms with Crippen LogP contribution in [-0.4, -0.2) is 42.2 Å². The van der Waals surface area contributed by atoms with Crippen LogP contribution < -0.4 is 5.73 Å². The molecule has 1 aromatic rings. The molecule has 0 amide bonds. The SMILES string of the molecule is CC1COCCN1CCC(N)c1ccc(F)cn1. The number of hydrogen-bond acceptors (Lipinski definition) is 4. The van der Waals surface area contributed by atoms with Crippen LogP contribution in [0.2, 0.25) is 0 Å². The second-order valence-corrected chi connectivity index (χ2v) is 4.76. The Morgan fingerprint density at radius 2 is 2.44 bits per heavy atom. The van der Waals surface area contributed by atoms with Crippen molar-refractivity contribution < 1.29 is 9.13 Å². The molecule has 1 aromatic heterocycles. The monoisotopic (exact) mass is 253 g/mol. The molecule has 0 bridgehead atoms. The molecule has 2 rings (SSSR count). The largest absolute Gasteiger partial charge is 0.379 e. The summed E-state index contributed by atoms with van der Waals surface area (Å²) in [5.74, 6) is -0.326. The zero-order valence-corrected chi connectivity index (χ0v) is 10.7. The molecule has 4 nitrogen and oxygen atoms in total. The van der Waals surface area contributed by atoms with E-state index in [0.717, 1.165) is 38.4 Å². The average Bonchev–Trinajstić information content (AvgIpc) is 2.38. The third-order valence-corrected chi connectivity index (χ3v) is 3.36. The normalized spacial score (nSPS) is 22.9. The third-order valence-electron chi connectivity index (χ3n) is 3.36. The molecule has 5 heteroatoms. The van der Waals surface area contributed by atoms with Gasteiger partial charge >= 0.3 is 0 Å². The lowest BCUT2D eigenvalue weighted by molar-refractivity contribution is -0.00143. The fourth-order valence-corrected chi connectivity index (χ4v) is 2.15. The molecule has 100 valence electrons. The predicted molar refractivity (Wildman–Crippen MR) is 67.6 cm³/mol. The molecular formula is C13H20FN3O. The van der Waals surface area contributed by atoms with Gasteiger partial charge in [0.25, 0.3) is 0 Å². The minimum absolute atomic E-state index is 0.138. The zero-order chi connectivity index (χ0) is 13.0. The number of morpholine rings is 1. The van der Waals surface area contributed by atoms with Gasteiger partial charge in [-0.2, -0.15) is 0 Å². The van der Waals surface area contributed by atoms with Gasteiger partial charge in [-0.1, -0.05) is 0 Å². The first-order valence-corrected chi connectivity index (χ1v) is 6.35. The predicted octanol–water partition coefficient (Wildman–Crippen LogP) is 1.33. The molecule has 2 atom stereocenters. The number of aromatic nitrogens is 1. The van der Waals surface area contributed by atoms with Crippen molar-refractivity contribution in [3.8, 4) is 0 Å². The van der Waals surface area contributed by atoms with Crippen molar-refractivity contribution in [3.05, 3.63) is 29.8 Å². The van der Waals surface area contributed by atoms with Gasteiger partial charge in [0.05, 0.1) is 25.1 Å². The average molecular weight is 253 g/mol. The Morgan fingerprint density at radius 3 is 3.11 bits per heavy atom. The number of ether oxygens (including phenoxy) is 1. The topological polar surface area (TPSA) is 51.4 Å². The highest BCUT2D eigenvalue weighted by molar-refractivity contribution is 5.09. The quantitative estimate of drug-likeness (QED) is 0.879. The summed E-state index contributed by atoms with van der Waals surface area (Å²) in [4.78, 5) is 6.39. The summed E-state index contributed by atoms with van der Waals surface area (Å²) in [6.45, 7) is 5.59. The summed E-state index contributed by atoms with van der Waals surface area (Å²) < 4.78 is 18.1. The van der Waals surface area contributed by atoms with Gasteiger partial charge < -0.3 is 10.5 Å². The van der Waals surface area contributed by atoms with Crippen LogP contribution in [0.25, 0.3) is 0 Å². The molecule has 0 aromatic carbocycles. The molecule has 0 saturated carbocycles. The van der Waals surface area contributed by atoms with Crippen molar-refractivity contribution >= 4 is 0 Å². The molecular weight excluding hydrogens is 233 g/mol.